The Morgan fingerprint density at radius 3 is 2.50 bits per heavy atom. The average molecular weight is 237 g/mol. The van der Waals surface area contributed by atoms with E-state index in [0.29, 0.717) is 6.04 Å². The minimum atomic E-state index is 0.584. The van der Waals surface area contributed by atoms with Crippen LogP contribution in [0.2, 0.25) is 0 Å². The highest BCUT2D eigenvalue weighted by molar-refractivity contribution is 7.99. The molecule has 0 spiro atoms. The topological polar surface area (TPSA) is 37.8 Å². The summed E-state index contributed by atoms with van der Waals surface area (Å²) in [4.78, 5) is 0. The van der Waals surface area contributed by atoms with E-state index in [9.17, 15) is 0 Å². The van der Waals surface area contributed by atoms with E-state index in [-0.39, 0.29) is 0 Å². The normalized spacial score (nSPS) is 25.4. The zero-order chi connectivity index (χ0) is 11.4. The van der Waals surface area contributed by atoms with E-state index < -0.39 is 0 Å². The van der Waals surface area contributed by atoms with Crippen LogP contribution in [-0.4, -0.2) is 27.7 Å². The number of hydrogen-bond donors (Lipinski definition) is 1. The van der Waals surface area contributed by atoms with Crippen LogP contribution in [0.25, 0.3) is 0 Å². The minimum absolute atomic E-state index is 0.584. The number of rotatable bonds is 3. The first kappa shape index (κ1) is 11.7. The molecule has 1 aliphatic carbocycles. The molecule has 0 radical (unpaired) electrons. The smallest absolute Gasteiger partial charge is 0.148 e. The van der Waals surface area contributed by atoms with Gasteiger partial charge in [-0.2, -0.15) is 16.9 Å². The first-order chi connectivity index (χ1) is 7.78. The number of thioether (sulfide) groups is 1. The van der Waals surface area contributed by atoms with Crippen LogP contribution in [-0.2, 0) is 0 Å². The van der Waals surface area contributed by atoms with Crippen LogP contribution in [0.3, 0.4) is 0 Å². The molecule has 0 unspecified atom stereocenters. The SMILES string of the molecule is CSC1CCC(Nc2ccc(C)nn2)CC1. The first-order valence-electron chi connectivity index (χ1n) is 5.87. The number of aryl methyl sites for hydroxylation is 1. The fraction of sp³-hybridized carbons (Fsp3) is 0.667. The van der Waals surface area contributed by atoms with Crippen molar-refractivity contribution < 1.29 is 0 Å². The van der Waals surface area contributed by atoms with E-state index in [2.05, 4.69) is 21.8 Å². The second-order valence-electron chi connectivity index (χ2n) is 4.41. The van der Waals surface area contributed by atoms with E-state index in [0.717, 1.165) is 16.8 Å². The van der Waals surface area contributed by atoms with Gasteiger partial charge < -0.3 is 5.32 Å². The maximum Gasteiger partial charge on any atom is 0.148 e. The van der Waals surface area contributed by atoms with Crippen LogP contribution >= 0.6 is 11.8 Å². The maximum absolute atomic E-state index is 4.15. The molecule has 3 nitrogen and oxygen atoms in total. The van der Waals surface area contributed by atoms with Gasteiger partial charge in [0.05, 0.1) is 5.69 Å². The van der Waals surface area contributed by atoms with Gasteiger partial charge in [0.25, 0.3) is 0 Å². The molecule has 1 aromatic heterocycles. The molecule has 1 N–H and O–H groups in total. The van der Waals surface area contributed by atoms with Gasteiger partial charge in [0.1, 0.15) is 5.82 Å². The zero-order valence-corrected chi connectivity index (χ0v) is 10.8. The largest absolute Gasteiger partial charge is 0.366 e. The second-order valence-corrected chi connectivity index (χ2v) is 5.55. The predicted molar refractivity (Wildman–Crippen MR) is 70.0 cm³/mol. The summed E-state index contributed by atoms with van der Waals surface area (Å²) in [5, 5.41) is 12.5. The predicted octanol–water partition coefficient (Wildman–Crippen LogP) is 2.87. The Morgan fingerprint density at radius 1 is 1.19 bits per heavy atom. The summed E-state index contributed by atoms with van der Waals surface area (Å²) in [6, 6.07) is 4.60. The molecule has 1 heterocycles. The molecule has 0 bridgehead atoms. The minimum Gasteiger partial charge on any atom is -0.366 e. The number of hydrogen-bond acceptors (Lipinski definition) is 4. The molecule has 1 fully saturated rings. The van der Waals surface area contributed by atoms with E-state index in [1.165, 1.54) is 25.7 Å². The summed E-state index contributed by atoms with van der Waals surface area (Å²) in [6.45, 7) is 1.96. The van der Waals surface area contributed by atoms with Crippen molar-refractivity contribution in [3.63, 3.8) is 0 Å². The summed E-state index contributed by atoms with van der Waals surface area (Å²) in [5.74, 6) is 0.915. The van der Waals surface area contributed by atoms with Gasteiger partial charge in [0, 0.05) is 11.3 Å². The fourth-order valence-corrected chi connectivity index (χ4v) is 2.87. The van der Waals surface area contributed by atoms with Gasteiger partial charge in [0.15, 0.2) is 0 Å². The molecule has 1 aromatic rings. The Bertz CT molecular complexity index is 318. The fourth-order valence-electron chi connectivity index (χ4n) is 2.13. The van der Waals surface area contributed by atoms with Gasteiger partial charge in [-0.15, -0.1) is 5.10 Å². The Balaban J connectivity index is 1.84. The molecule has 4 heteroatoms. The van der Waals surface area contributed by atoms with Crippen molar-refractivity contribution in [3.8, 4) is 0 Å². The maximum atomic E-state index is 4.15. The second kappa shape index (κ2) is 5.53. The molecule has 0 amide bonds. The van der Waals surface area contributed by atoms with Crippen molar-refractivity contribution >= 4 is 17.6 Å². The lowest BCUT2D eigenvalue weighted by atomic mass is 9.95. The summed E-state index contributed by atoms with van der Waals surface area (Å²) >= 11 is 2.00. The van der Waals surface area contributed by atoms with E-state index in [1.54, 1.807) is 0 Å². The Hall–Kier alpha value is -0.770. The summed E-state index contributed by atoms with van der Waals surface area (Å²) in [6.07, 6.45) is 7.35. The van der Waals surface area contributed by atoms with Crippen molar-refractivity contribution in [1.82, 2.24) is 10.2 Å². The molecule has 1 aliphatic rings. The average Bonchev–Trinajstić information content (AvgIpc) is 2.33. The summed E-state index contributed by atoms with van der Waals surface area (Å²) in [5.41, 5.74) is 0.969. The number of anilines is 1. The molecular weight excluding hydrogens is 218 g/mol. The van der Waals surface area contributed by atoms with Crippen LogP contribution in [0.15, 0.2) is 12.1 Å². The first-order valence-corrected chi connectivity index (χ1v) is 7.16. The van der Waals surface area contributed by atoms with Gasteiger partial charge >= 0.3 is 0 Å². The molecule has 1 saturated carbocycles. The lowest BCUT2D eigenvalue weighted by Crippen LogP contribution is -2.27. The molecule has 88 valence electrons. The lowest BCUT2D eigenvalue weighted by Gasteiger charge is -2.28. The number of nitrogens with one attached hydrogen (secondary N) is 1. The third-order valence-electron chi connectivity index (χ3n) is 3.16. The van der Waals surface area contributed by atoms with E-state index in [4.69, 9.17) is 0 Å². The Morgan fingerprint density at radius 2 is 1.94 bits per heavy atom. The van der Waals surface area contributed by atoms with Crippen molar-refractivity contribution in [2.45, 2.75) is 43.9 Å². The molecule has 2 rings (SSSR count). The van der Waals surface area contributed by atoms with Gasteiger partial charge in [-0.1, -0.05) is 0 Å². The highest BCUT2D eigenvalue weighted by Gasteiger charge is 2.20. The Kier molecular flexibility index (Phi) is 4.04. The molecular formula is C12H19N3S. The van der Waals surface area contributed by atoms with Crippen molar-refractivity contribution in [2.24, 2.45) is 0 Å². The molecule has 0 aliphatic heterocycles. The zero-order valence-electron chi connectivity index (χ0n) is 9.94. The van der Waals surface area contributed by atoms with Crippen molar-refractivity contribution in [2.75, 3.05) is 11.6 Å². The van der Waals surface area contributed by atoms with Crippen molar-refractivity contribution in [1.29, 1.82) is 0 Å². The van der Waals surface area contributed by atoms with Crippen LogP contribution in [0.4, 0.5) is 5.82 Å². The monoisotopic (exact) mass is 237 g/mol. The molecule has 0 atom stereocenters. The lowest BCUT2D eigenvalue weighted by molar-refractivity contribution is 0.472. The van der Waals surface area contributed by atoms with Crippen molar-refractivity contribution in [3.05, 3.63) is 17.8 Å². The standard InChI is InChI=1S/C12H19N3S/c1-9-3-8-12(15-14-9)13-10-4-6-11(16-2)7-5-10/h3,8,10-11H,4-7H2,1-2H3,(H,13,15). The highest BCUT2D eigenvalue weighted by Crippen LogP contribution is 2.28. The highest BCUT2D eigenvalue weighted by atomic mass is 32.2. The van der Waals surface area contributed by atoms with Gasteiger partial charge in [-0.05, 0) is 51.0 Å². The van der Waals surface area contributed by atoms with Crippen LogP contribution in [0, 0.1) is 6.92 Å². The van der Waals surface area contributed by atoms with E-state index >= 15 is 0 Å². The molecule has 0 aromatic carbocycles. The summed E-state index contributed by atoms with van der Waals surface area (Å²) in [7, 11) is 0. The summed E-state index contributed by atoms with van der Waals surface area (Å²) < 4.78 is 0. The van der Waals surface area contributed by atoms with Gasteiger partial charge in [-0.3, -0.25) is 0 Å². The number of aromatic nitrogens is 2. The van der Waals surface area contributed by atoms with E-state index in [1.807, 2.05) is 30.8 Å². The quantitative estimate of drug-likeness (QED) is 0.877. The third kappa shape index (κ3) is 3.11. The molecule has 0 saturated heterocycles. The van der Waals surface area contributed by atoms with Gasteiger partial charge in [-0.25, -0.2) is 0 Å². The van der Waals surface area contributed by atoms with Crippen LogP contribution < -0.4 is 5.32 Å². The third-order valence-corrected chi connectivity index (χ3v) is 4.30. The van der Waals surface area contributed by atoms with Crippen LogP contribution in [0.1, 0.15) is 31.4 Å². The van der Waals surface area contributed by atoms with Crippen LogP contribution in [0.5, 0.6) is 0 Å². The number of nitrogens with zero attached hydrogens (tertiary/aromatic N) is 2. The Labute approximate surface area is 101 Å². The van der Waals surface area contributed by atoms with Gasteiger partial charge in [0.2, 0.25) is 0 Å². The molecule has 16 heavy (non-hydrogen) atoms.